The minimum atomic E-state index is -1.06. The Bertz CT molecular complexity index is 417. The zero-order chi connectivity index (χ0) is 12.8. The molecule has 0 radical (unpaired) electrons. The highest BCUT2D eigenvalue weighted by molar-refractivity contribution is 5.96. The molecule has 0 bridgehead atoms. The molecule has 1 aromatic carbocycles. The topological polar surface area (TPSA) is 89.6 Å². The van der Waals surface area contributed by atoms with Gasteiger partial charge in [-0.25, -0.2) is 0 Å². The van der Waals surface area contributed by atoms with Crippen LogP contribution in [0.5, 0.6) is 5.75 Å². The van der Waals surface area contributed by atoms with Crippen molar-refractivity contribution in [3.8, 4) is 5.75 Å². The van der Waals surface area contributed by atoms with Gasteiger partial charge in [-0.15, -0.1) is 0 Å². The van der Waals surface area contributed by atoms with Crippen LogP contribution in [0.15, 0.2) is 24.3 Å². The lowest BCUT2D eigenvalue weighted by Crippen LogP contribution is -2.31. The molecule has 0 saturated heterocycles. The molecular weight excluding hydrogens is 222 g/mol. The first-order chi connectivity index (χ1) is 8.02. The number of hydrogen-bond donors (Lipinski definition) is 2. The molecule has 1 aromatic rings. The smallest absolute Gasteiger partial charge is 0.320 e. The molecule has 0 fully saturated rings. The van der Waals surface area contributed by atoms with Gasteiger partial charge in [0.1, 0.15) is 11.8 Å². The number of Topliss-reactive ketones (excluding diaryl/α,β-unsaturated/α-hetero) is 1. The molecule has 0 saturated carbocycles. The maximum absolute atomic E-state index is 11.3. The van der Waals surface area contributed by atoms with Gasteiger partial charge in [0.2, 0.25) is 0 Å². The molecule has 92 valence electrons. The Kier molecular flexibility index (Phi) is 4.66. The summed E-state index contributed by atoms with van der Waals surface area (Å²) in [5.41, 5.74) is 5.81. The lowest BCUT2D eigenvalue weighted by atomic mass is 10.1. The number of nitrogens with two attached hydrogens (primary N) is 1. The average Bonchev–Trinajstić information content (AvgIpc) is 2.29. The third-order valence-corrected chi connectivity index (χ3v) is 2.27. The standard InChI is InChI=1S/C12H15NO4/c1-8(14)9-4-2-3-5-11(9)17-7-6-10(13)12(15)16/h2-5,10H,6-7,13H2,1H3,(H,15,16)/t10-/m0/s1. The van der Waals surface area contributed by atoms with E-state index in [1.54, 1.807) is 24.3 Å². The van der Waals surface area contributed by atoms with E-state index < -0.39 is 12.0 Å². The summed E-state index contributed by atoms with van der Waals surface area (Å²) in [6.07, 6.45) is 0.196. The summed E-state index contributed by atoms with van der Waals surface area (Å²) >= 11 is 0. The number of ether oxygens (including phenoxy) is 1. The number of aliphatic carboxylic acids is 1. The zero-order valence-corrected chi connectivity index (χ0v) is 9.55. The molecule has 5 nitrogen and oxygen atoms in total. The molecule has 5 heteroatoms. The fourth-order valence-corrected chi connectivity index (χ4v) is 1.30. The van der Waals surface area contributed by atoms with Crippen molar-refractivity contribution in [1.82, 2.24) is 0 Å². The minimum absolute atomic E-state index is 0.0943. The average molecular weight is 237 g/mol. The molecule has 1 rings (SSSR count). The van der Waals surface area contributed by atoms with Gasteiger partial charge in [-0.3, -0.25) is 9.59 Å². The van der Waals surface area contributed by atoms with Crippen LogP contribution in [-0.2, 0) is 4.79 Å². The summed E-state index contributed by atoms with van der Waals surface area (Å²) in [6, 6.07) is 5.88. The van der Waals surface area contributed by atoms with Crippen molar-refractivity contribution in [1.29, 1.82) is 0 Å². The van der Waals surface area contributed by atoms with E-state index in [1.165, 1.54) is 6.92 Å². The molecule has 0 spiro atoms. The first-order valence-electron chi connectivity index (χ1n) is 5.23. The van der Waals surface area contributed by atoms with Crippen LogP contribution in [0.4, 0.5) is 0 Å². The number of ketones is 1. The van der Waals surface area contributed by atoms with Crippen molar-refractivity contribution in [2.24, 2.45) is 5.73 Å². The van der Waals surface area contributed by atoms with E-state index in [1.807, 2.05) is 0 Å². The number of para-hydroxylation sites is 1. The van der Waals surface area contributed by atoms with E-state index in [-0.39, 0.29) is 18.8 Å². The summed E-state index contributed by atoms with van der Waals surface area (Å²) in [5, 5.41) is 8.59. The van der Waals surface area contributed by atoms with E-state index in [0.29, 0.717) is 11.3 Å². The summed E-state index contributed by atoms with van der Waals surface area (Å²) in [5.74, 6) is -0.700. The highest BCUT2D eigenvalue weighted by Gasteiger charge is 2.12. The molecule has 1 atom stereocenters. The van der Waals surface area contributed by atoms with Crippen molar-refractivity contribution >= 4 is 11.8 Å². The molecule has 0 amide bonds. The van der Waals surface area contributed by atoms with Gasteiger partial charge < -0.3 is 15.6 Å². The van der Waals surface area contributed by atoms with Crippen LogP contribution in [0.2, 0.25) is 0 Å². The normalized spacial score (nSPS) is 11.9. The Balaban J connectivity index is 2.58. The third kappa shape index (κ3) is 3.88. The molecule has 0 heterocycles. The maximum Gasteiger partial charge on any atom is 0.320 e. The summed E-state index contributed by atoms with van der Waals surface area (Å²) in [7, 11) is 0. The number of carboxylic acid groups (broad SMARTS) is 1. The summed E-state index contributed by atoms with van der Waals surface area (Å²) in [6.45, 7) is 1.61. The van der Waals surface area contributed by atoms with E-state index in [9.17, 15) is 9.59 Å². The second-order valence-corrected chi connectivity index (χ2v) is 3.63. The number of hydrogen-bond acceptors (Lipinski definition) is 4. The van der Waals surface area contributed by atoms with Gasteiger partial charge in [0.25, 0.3) is 0 Å². The van der Waals surface area contributed by atoms with Crippen LogP contribution in [0.25, 0.3) is 0 Å². The van der Waals surface area contributed by atoms with Gasteiger partial charge in [0, 0.05) is 6.42 Å². The molecule has 0 aliphatic rings. The van der Waals surface area contributed by atoms with E-state index >= 15 is 0 Å². The van der Waals surface area contributed by atoms with Crippen molar-refractivity contribution < 1.29 is 19.4 Å². The molecular formula is C12H15NO4. The van der Waals surface area contributed by atoms with E-state index in [2.05, 4.69) is 0 Å². The monoisotopic (exact) mass is 237 g/mol. The highest BCUT2D eigenvalue weighted by atomic mass is 16.5. The lowest BCUT2D eigenvalue weighted by Gasteiger charge is -2.11. The lowest BCUT2D eigenvalue weighted by molar-refractivity contribution is -0.138. The number of benzene rings is 1. The number of carbonyl (C=O) groups is 2. The zero-order valence-electron chi connectivity index (χ0n) is 9.55. The van der Waals surface area contributed by atoms with Gasteiger partial charge >= 0.3 is 5.97 Å². The Labute approximate surface area is 99.2 Å². The number of carboxylic acids is 1. The number of carbonyl (C=O) groups excluding carboxylic acids is 1. The predicted octanol–water partition coefficient (Wildman–Crippen LogP) is 1.07. The van der Waals surface area contributed by atoms with Gasteiger partial charge in [0.15, 0.2) is 5.78 Å². The Morgan fingerprint density at radius 2 is 2.06 bits per heavy atom. The molecule has 0 aliphatic carbocycles. The number of rotatable bonds is 6. The van der Waals surface area contributed by atoms with Crippen LogP contribution >= 0.6 is 0 Å². The first kappa shape index (κ1) is 13.2. The summed E-state index contributed by atoms with van der Waals surface area (Å²) < 4.78 is 5.36. The Morgan fingerprint density at radius 1 is 1.41 bits per heavy atom. The van der Waals surface area contributed by atoms with Crippen LogP contribution in [0.3, 0.4) is 0 Å². The predicted molar refractivity (Wildman–Crippen MR) is 62.2 cm³/mol. The van der Waals surface area contributed by atoms with E-state index in [0.717, 1.165) is 0 Å². The Morgan fingerprint density at radius 3 is 2.65 bits per heavy atom. The van der Waals surface area contributed by atoms with E-state index in [4.69, 9.17) is 15.6 Å². The van der Waals surface area contributed by atoms with Crippen LogP contribution in [-0.4, -0.2) is 29.5 Å². The highest BCUT2D eigenvalue weighted by Crippen LogP contribution is 2.18. The van der Waals surface area contributed by atoms with Crippen LogP contribution in [0, 0.1) is 0 Å². The summed E-state index contributed by atoms with van der Waals surface area (Å²) in [4.78, 5) is 21.8. The van der Waals surface area contributed by atoms with Crippen molar-refractivity contribution in [2.75, 3.05) is 6.61 Å². The molecule has 0 aromatic heterocycles. The second-order valence-electron chi connectivity index (χ2n) is 3.63. The second kappa shape index (κ2) is 6.00. The van der Waals surface area contributed by atoms with Crippen LogP contribution in [0.1, 0.15) is 23.7 Å². The van der Waals surface area contributed by atoms with Gasteiger partial charge in [-0.2, -0.15) is 0 Å². The third-order valence-electron chi connectivity index (χ3n) is 2.27. The SMILES string of the molecule is CC(=O)c1ccccc1OCC[C@H](N)C(=O)O. The molecule has 3 N–H and O–H groups in total. The van der Waals surface area contributed by atoms with Crippen molar-refractivity contribution in [3.63, 3.8) is 0 Å². The maximum atomic E-state index is 11.3. The molecule has 0 aliphatic heterocycles. The van der Waals surface area contributed by atoms with Crippen molar-refractivity contribution in [2.45, 2.75) is 19.4 Å². The minimum Gasteiger partial charge on any atom is -0.493 e. The molecule has 17 heavy (non-hydrogen) atoms. The quantitative estimate of drug-likeness (QED) is 0.722. The Hall–Kier alpha value is -1.88. The van der Waals surface area contributed by atoms with Crippen molar-refractivity contribution in [3.05, 3.63) is 29.8 Å². The molecule has 0 unspecified atom stereocenters. The first-order valence-corrected chi connectivity index (χ1v) is 5.23. The van der Waals surface area contributed by atoms with Gasteiger partial charge in [0.05, 0.1) is 12.2 Å². The van der Waals surface area contributed by atoms with Gasteiger partial charge in [-0.1, -0.05) is 12.1 Å². The van der Waals surface area contributed by atoms with Crippen LogP contribution < -0.4 is 10.5 Å². The largest absolute Gasteiger partial charge is 0.493 e. The fraction of sp³-hybridized carbons (Fsp3) is 0.333. The fourth-order valence-electron chi connectivity index (χ4n) is 1.30. The van der Waals surface area contributed by atoms with Gasteiger partial charge in [-0.05, 0) is 19.1 Å².